The van der Waals surface area contributed by atoms with Crippen molar-refractivity contribution >= 4 is 23.1 Å². The number of rotatable bonds is 1. The lowest BCUT2D eigenvalue weighted by Crippen LogP contribution is -1.90. The maximum atomic E-state index is 5.10. The van der Waals surface area contributed by atoms with Crippen LogP contribution < -0.4 is 0 Å². The highest BCUT2D eigenvalue weighted by Gasteiger charge is 2.07. The van der Waals surface area contributed by atoms with Crippen LogP contribution in [0.15, 0.2) is 36.5 Å². The minimum absolute atomic E-state index is 0.535. The second-order valence-corrected chi connectivity index (χ2v) is 4.16. The van der Waals surface area contributed by atoms with E-state index in [0.717, 1.165) is 22.3 Å². The van der Waals surface area contributed by atoms with Gasteiger partial charge in [-0.3, -0.25) is 14.8 Å². The number of hydrogen-bond acceptors (Lipinski definition) is 3. The maximum Gasteiger partial charge on any atom is 0.216 e. The lowest BCUT2D eigenvalue weighted by Gasteiger charge is -2.01. The van der Waals surface area contributed by atoms with Gasteiger partial charge in [-0.1, -0.05) is 18.2 Å². The first-order chi connectivity index (χ1) is 8.25. The Hall–Kier alpha value is -2.01. The zero-order valence-electron chi connectivity index (χ0n) is 9.21. The summed E-state index contributed by atoms with van der Waals surface area (Å²) in [6.07, 6.45) is 1.78. The monoisotopic (exact) mass is 242 g/mol. The Balaban J connectivity index is 2.34. The van der Waals surface area contributed by atoms with Crippen molar-refractivity contribution in [3.05, 3.63) is 41.3 Å². The van der Waals surface area contributed by atoms with E-state index in [-0.39, 0.29) is 0 Å². The standard InChI is InChI=1S/C12H10N4S/c1-16-12(17)14-11(15-16)9-6-2-4-8-5-3-7-13-10(8)9/h2-7H,1H3,(H,14,15,17). The van der Waals surface area contributed by atoms with E-state index in [0.29, 0.717) is 4.77 Å². The number of aryl methyl sites for hydroxylation is 1. The highest BCUT2D eigenvalue weighted by molar-refractivity contribution is 7.71. The van der Waals surface area contributed by atoms with Crippen molar-refractivity contribution in [1.29, 1.82) is 0 Å². The average molecular weight is 242 g/mol. The van der Waals surface area contributed by atoms with Crippen LogP contribution in [0.25, 0.3) is 22.3 Å². The molecule has 0 aliphatic carbocycles. The van der Waals surface area contributed by atoms with Crippen LogP contribution >= 0.6 is 12.2 Å². The molecule has 0 unspecified atom stereocenters. The number of nitrogens with zero attached hydrogens (tertiary/aromatic N) is 3. The molecule has 5 heteroatoms. The summed E-state index contributed by atoms with van der Waals surface area (Å²) in [6, 6.07) is 9.97. The Bertz CT molecular complexity index is 736. The molecule has 3 aromatic rings. The summed E-state index contributed by atoms with van der Waals surface area (Å²) in [5.74, 6) is 0.752. The summed E-state index contributed by atoms with van der Waals surface area (Å²) < 4.78 is 2.25. The molecule has 0 radical (unpaired) electrons. The number of aromatic amines is 1. The summed E-state index contributed by atoms with van der Waals surface area (Å²) in [5, 5.41) is 4.21. The van der Waals surface area contributed by atoms with Gasteiger partial charge >= 0.3 is 0 Å². The van der Waals surface area contributed by atoms with E-state index in [4.69, 9.17) is 12.2 Å². The zero-order chi connectivity index (χ0) is 11.8. The SMILES string of the molecule is Cn1[nH]c(-c2cccc3cccnc23)nc1=S. The van der Waals surface area contributed by atoms with Gasteiger partial charge in [0, 0.05) is 24.2 Å². The van der Waals surface area contributed by atoms with Crippen LogP contribution in [0.1, 0.15) is 0 Å². The fraction of sp³-hybridized carbons (Fsp3) is 0.0833. The molecule has 2 aromatic heterocycles. The van der Waals surface area contributed by atoms with E-state index in [9.17, 15) is 0 Å². The van der Waals surface area contributed by atoms with Crippen molar-refractivity contribution in [3.63, 3.8) is 0 Å². The number of hydrogen-bond donors (Lipinski definition) is 1. The average Bonchev–Trinajstić information content (AvgIpc) is 2.69. The zero-order valence-corrected chi connectivity index (χ0v) is 10.0. The van der Waals surface area contributed by atoms with E-state index in [1.807, 2.05) is 37.4 Å². The number of pyridine rings is 1. The van der Waals surface area contributed by atoms with E-state index in [1.165, 1.54) is 0 Å². The molecular formula is C12H10N4S. The minimum atomic E-state index is 0.535. The number of fused-ring (bicyclic) bond motifs is 1. The van der Waals surface area contributed by atoms with E-state index in [1.54, 1.807) is 10.9 Å². The van der Waals surface area contributed by atoms with Gasteiger partial charge in [-0.2, -0.15) is 4.98 Å². The molecule has 0 atom stereocenters. The van der Waals surface area contributed by atoms with Crippen LogP contribution in [0.3, 0.4) is 0 Å². The summed E-state index contributed by atoms with van der Waals surface area (Å²) >= 11 is 5.10. The fourth-order valence-electron chi connectivity index (χ4n) is 1.82. The highest BCUT2D eigenvalue weighted by atomic mass is 32.1. The van der Waals surface area contributed by atoms with Crippen LogP contribution in [0.2, 0.25) is 0 Å². The van der Waals surface area contributed by atoms with Gasteiger partial charge in [0.15, 0.2) is 5.82 Å². The molecule has 17 heavy (non-hydrogen) atoms. The van der Waals surface area contributed by atoms with Crippen molar-refractivity contribution in [2.45, 2.75) is 0 Å². The second kappa shape index (κ2) is 3.78. The van der Waals surface area contributed by atoms with Crippen LogP contribution in [0, 0.1) is 4.77 Å². The van der Waals surface area contributed by atoms with Gasteiger partial charge in [0.2, 0.25) is 4.77 Å². The predicted molar refractivity (Wildman–Crippen MR) is 69.1 cm³/mol. The first kappa shape index (κ1) is 10.2. The Labute approximate surface area is 103 Å². The molecule has 0 saturated heterocycles. The molecule has 0 bridgehead atoms. The third-order valence-corrected chi connectivity index (χ3v) is 3.02. The van der Waals surface area contributed by atoms with Gasteiger partial charge in [0.25, 0.3) is 0 Å². The summed E-state index contributed by atoms with van der Waals surface area (Å²) in [6.45, 7) is 0. The maximum absolute atomic E-state index is 5.10. The molecule has 2 heterocycles. The highest BCUT2D eigenvalue weighted by Crippen LogP contribution is 2.23. The predicted octanol–water partition coefficient (Wildman–Crippen LogP) is 2.69. The number of H-pyrrole nitrogens is 1. The van der Waals surface area contributed by atoms with Gasteiger partial charge in [0.05, 0.1) is 5.52 Å². The van der Waals surface area contributed by atoms with Crippen molar-refractivity contribution < 1.29 is 0 Å². The van der Waals surface area contributed by atoms with Gasteiger partial charge in [-0.15, -0.1) is 0 Å². The summed E-state index contributed by atoms with van der Waals surface area (Å²) in [5.41, 5.74) is 1.90. The largest absolute Gasteiger partial charge is 0.279 e. The van der Waals surface area contributed by atoms with E-state index >= 15 is 0 Å². The molecule has 0 aliphatic rings. The normalized spacial score (nSPS) is 10.9. The van der Waals surface area contributed by atoms with Gasteiger partial charge in [-0.05, 0) is 24.4 Å². The Morgan fingerprint density at radius 2 is 2.06 bits per heavy atom. The fourth-order valence-corrected chi connectivity index (χ4v) is 1.96. The molecule has 0 aliphatic heterocycles. The third-order valence-electron chi connectivity index (χ3n) is 2.66. The van der Waals surface area contributed by atoms with Crippen LogP contribution in [-0.4, -0.2) is 19.7 Å². The van der Waals surface area contributed by atoms with Crippen molar-refractivity contribution in [2.75, 3.05) is 0 Å². The van der Waals surface area contributed by atoms with Crippen molar-refractivity contribution in [3.8, 4) is 11.4 Å². The van der Waals surface area contributed by atoms with Crippen molar-refractivity contribution in [1.82, 2.24) is 19.7 Å². The number of aromatic nitrogens is 4. The first-order valence-corrected chi connectivity index (χ1v) is 5.64. The van der Waals surface area contributed by atoms with Gasteiger partial charge in [-0.25, -0.2) is 0 Å². The second-order valence-electron chi connectivity index (χ2n) is 3.79. The molecule has 0 fully saturated rings. The molecule has 0 spiro atoms. The summed E-state index contributed by atoms with van der Waals surface area (Å²) in [4.78, 5) is 8.71. The van der Waals surface area contributed by atoms with Gasteiger partial charge in [0.1, 0.15) is 0 Å². The van der Waals surface area contributed by atoms with Crippen molar-refractivity contribution in [2.24, 2.45) is 7.05 Å². The van der Waals surface area contributed by atoms with Crippen LogP contribution in [-0.2, 0) is 7.05 Å². The number of benzene rings is 1. The van der Waals surface area contributed by atoms with Crippen LogP contribution in [0.5, 0.6) is 0 Å². The number of para-hydroxylation sites is 1. The molecule has 1 N–H and O–H groups in total. The smallest absolute Gasteiger partial charge is 0.216 e. The Morgan fingerprint density at radius 1 is 1.24 bits per heavy atom. The summed E-state index contributed by atoms with van der Waals surface area (Å²) in [7, 11) is 1.84. The Morgan fingerprint density at radius 3 is 2.82 bits per heavy atom. The van der Waals surface area contributed by atoms with Crippen LogP contribution in [0.4, 0.5) is 0 Å². The third kappa shape index (κ3) is 1.64. The topological polar surface area (TPSA) is 46.5 Å². The Kier molecular flexibility index (Phi) is 2.26. The molecule has 0 amide bonds. The molecule has 3 rings (SSSR count). The lowest BCUT2D eigenvalue weighted by atomic mass is 10.1. The molecular weight excluding hydrogens is 232 g/mol. The minimum Gasteiger partial charge on any atom is -0.279 e. The number of nitrogens with one attached hydrogen (secondary N) is 1. The van der Waals surface area contributed by atoms with E-state index in [2.05, 4.69) is 15.1 Å². The molecule has 4 nitrogen and oxygen atoms in total. The lowest BCUT2D eigenvalue weighted by molar-refractivity contribution is 0.756. The molecule has 1 aromatic carbocycles. The quantitative estimate of drug-likeness (QED) is 0.667. The molecule has 0 saturated carbocycles. The van der Waals surface area contributed by atoms with E-state index < -0.39 is 0 Å². The molecule has 84 valence electrons. The first-order valence-electron chi connectivity index (χ1n) is 5.23. The van der Waals surface area contributed by atoms with Gasteiger partial charge < -0.3 is 0 Å².